The molecule has 0 radical (unpaired) electrons. The zero-order valence-electron chi connectivity index (χ0n) is 18.2. The Labute approximate surface area is 202 Å². The van der Waals surface area contributed by atoms with Gasteiger partial charge in [0.15, 0.2) is 5.96 Å². The van der Waals surface area contributed by atoms with Crippen LogP contribution in [-0.2, 0) is 24.4 Å². The summed E-state index contributed by atoms with van der Waals surface area (Å²) in [6.07, 6.45) is 5.61. The minimum atomic E-state index is 0. The molecule has 3 aromatic rings. The number of imidazole rings is 1. The maximum Gasteiger partial charge on any atom is 0.191 e. The van der Waals surface area contributed by atoms with Crippen LogP contribution < -0.4 is 10.6 Å². The number of benzene rings is 2. The summed E-state index contributed by atoms with van der Waals surface area (Å²) in [4.78, 5) is 8.43. The number of rotatable bonds is 10. The molecule has 0 aliphatic rings. The molecule has 3 rings (SSSR count). The van der Waals surface area contributed by atoms with Gasteiger partial charge in [0.2, 0.25) is 0 Å². The van der Waals surface area contributed by atoms with Gasteiger partial charge in [-0.05, 0) is 22.6 Å². The minimum absolute atomic E-state index is 0. The molecule has 7 heteroatoms. The third-order valence-corrected chi connectivity index (χ3v) is 4.73. The summed E-state index contributed by atoms with van der Waals surface area (Å²) in [5.74, 6) is 1.18. The fraction of sp³-hybridized carbons (Fsp3) is 0.333. The smallest absolute Gasteiger partial charge is 0.191 e. The maximum atomic E-state index is 5.83. The van der Waals surface area contributed by atoms with E-state index in [1.54, 1.807) is 13.2 Å². The number of hydrogen-bond acceptors (Lipinski definition) is 3. The Kier molecular flexibility index (Phi) is 11.1. The number of nitrogens with one attached hydrogen (secondary N) is 2. The van der Waals surface area contributed by atoms with Crippen molar-refractivity contribution in [2.75, 3.05) is 20.2 Å². The van der Waals surface area contributed by atoms with Crippen molar-refractivity contribution in [1.82, 2.24) is 20.2 Å². The normalized spacial score (nSPS) is 12.1. The number of halogens is 1. The van der Waals surface area contributed by atoms with Gasteiger partial charge in [0.1, 0.15) is 0 Å². The van der Waals surface area contributed by atoms with Crippen molar-refractivity contribution in [1.29, 1.82) is 0 Å². The molecule has 1 atom stereocenters. The second-order valence-corrected chi connectivity index (χ2v) is 7.47. The van der Waals surface area contributed by atoms with E-state index in [0.717, 1.165) is 25.6 Å². The average Bonchev–Trinajstić information content (AvgIpc) is 3.28. The maximum absolute atomic E-state index is 5.83. The SMILES string of the molecule is CN=C(NCc1cccc(Cn2ccnc2)c1)NCC(C)COCc1ccccc1.I. The topological polar surface area (TPSA) is 63.5 Å². The first kappa shape index (κ1) is 24.9. The lowest BCUT2D eigenvalue weighted by Crippen LogP contribution is -2.39. The molecular weight excluding hydrogens is 501 g/mol. The zero-order chi connectivity index (χ0) is 21.0. The summed E-state index contributed by atoms with van der Waals surface area (Å²) < 4.78 is 7.89. The van der Waals surface area contributed by atoms with E-state index < -0.39 is 0 Å². The van der Waals surface area contributed by atoms with Crippen molar-refractivity contribution in [2.24, 2.45) is 10.9 Å². The summed E-state index contributed by atoms with van der Waals surface area (Å²) in [6.45, 7) is 5.86. The van der Waals surface area contributed by atoms with E-state index in [4.69, 9.17) is 4.74 Å². The van der Waals surface area contributed by atoms with Gasteiger partial charge in [0.25, 0.3) is 0 Å². The molecule has 0 spiro atoms. The molecule has 0 bridgehead atoms. The molecule has 0 fully saturated rings. The van der Waals surface area contributed by atoms with Gasteiger partial charge >= 0.3 is 0 Å². The van der Waals surface area contributed by atoms with Gasteiger partial charge < -0.3 is 19.9 Å². The fourth-order valence-electron chi connectivity index (χ4n) is 3.12. The van der Waals surface area contributed by atoms with Crippen LogP contribution in [0.1, 0.15) is 23.6 Å². The van der Waals surface area contributed by atoms with Gasteiger partial charge in [-0.3, -0.25) is 4.99 Å². The van der Waals surface area contributed by atoms with Gasteiger partial charge in [0.05, 0.1) is 19.5 Å². The lowest BCUT2D eigenvalue weighted by molar-refractivity contribution is 0.0931. The predicted molar refractivity (Wildman–Crippen MR) is 137 cm³/mol. The molecule has 1 unspecified atom stereocenters. The Balaban J connectivity index is 0.00000341. The van der Waals surface area contributed by atoms with Crippen molar-refractivity contribution in [3.05, 3.63) is 90.0 Å². The standard InChI is InChI=1S/C24H31N5O.HI/c1-20(17-30-18-21-7-4-3-5-8-21)14-27-24(25-2)28-15-22-9-6-10-23(13-22)16-29-12-11-26-19-29;/h3-13,19-20H,14-18H2,1-2H3,(H2,25,27,28);1H. The number of nitrogens with zero attached hydrogens (tertiary/aromatic N) is 3. The first-order chi connectivity index (χ1) is 14.7. The molecule has 0 saturated carbocycles. The molecule has 0 saturated heterocycles. The van der Waals surface area contributed by atoms with Crippen LogP contribution in [0.3, 0.4) is 0 Å². The highest BCUT2D eigenvalue weighted by atomic mass is 127. The van der Waals surface area contributed by atoms with Crippen LogP contribution in [0.5, 0.6) is 0 Å². The lowest BCUT2D eigenvalue weighted by atomic mass is 10.1. The number of aromatic nitrogens is 2. The van der Waals surface area contributed by atoms with Gasteiger partial charge in [0, 0.05) is 39.1 Å². The molecule has 6 nitrogen and oxygen atoms in total. The quantitative estimate of drug-likeness (QED) is 0.235. The highest BCUT2D eigenvalue weighted by molar-refractivity contribution is 14.0. The Hall–Kier alpha value is -2.39. The van der Waals surface area contributed by atoms with E-state index in [1.165, 1.54) is 16.7 Å². The second kappa shape index (κ2) is 13.8. The van der Waals surface area contributed by atoms with Gasteiger partial charge in [-0.2, -0.15) is 0 Å². The minimum Gasteiger partial charge on any atom is -0.376 e. The van der Waals surface area contributed by atoms with Crippen molar-refractivity contribution >= 4 is 29.9 Å². The first-order valence-corrected chi connectivity index (χ1v) is 10.3. The number of guanidine groups is 1. The van der Waals surface area contributed by atoms with Crippen LogP contribution in [0.4, 0.5) is 0 Å². The highest BCUT2D eigenvalue weighted by Crippen LogP contribution is 2.07. The summed E-state index contributed by atoms with van der Waals surface area (Å²) in [5, 5.41) is 6.77. The van der Waals surface area contributed by atoms with E-state index in [-0.39, 0.29) is 24.0 Å². The number of hydrogen-bond donors (Lipinski definition) is 2. The van der Waals surface area contributed by atoms with E-state index >= 15 is 0 Å². The van der Waals surface area contributed by atoms with Crippen LogP contribution in [0.15, 0.2) is 78.3 Å². The van der Waals surface area contributed by atoms with Crippen LogP contribution in [0.25, 0.3) is 0 Å². The Morgan fingerprint density at radius 2 is 1.84 bits per heavy atom. The van der Waals surface area contributed by atoms with Crippen LogP contribution >= 0.6 is 24.0 Å². The van der Waals surface area contributed by atoms with E-state index in [1.807, 2.05) is 30.7 Å². The molecule has 0 amide bonds. The van der Waals surface area contributed by atoms with Crippen LogP contribution in [-0.4, -0.2) is 35.7 Å². The Morgan fingerprint density at radius 1 is 1.06 bits per heavy atom. The molecule has 31 heavy (non-hydrogen) atoms. The van der Waals surface area contributed by atoms with Crippen molar-refractivity contribution in [3.8, 4) is 0 Å². The van der Waals surface area contributed by atoms with E-state index in [2.05, 4.69) is 68.5 Å². The number of ether oxygens (including phenoxy) is 1. The van der Waals surface area contributed by atoms with Crippen LogP contribution in [0.2, 0.25) is 0 Å². The van der Waals surface area contributed by atoms with Gasteiger partial charge in [-0.25, -0.2) is 4.98 Å². The van der Waals surface area contributed by atoms with Crippen LogP contribution in [0, 0.1) is 5.92 Å². The molecule has 166 valence electrons. The molecule has 2 N–H and O–H groups in total. The second-order valence-electron chi connectivity index (χ2n) is 7.47. The highest BCUT2D eigenvalue weighted by Gasteiger charge is 2.05. The third kappa shape index (κ3) is 9.10. The molecule has 1 aromatic heterocycles. The van der Waals surface area contributed by atoms with E-state index in [0.29, 0.717) is 19.1 Å². The van der Waals surface area contributed by atoms with E-state index in [9.17, 15) is 0 Å². The number of aliphatic imine (C=N–C) groups is 1. The molecule has 0 aliphatic carbocycles. The van der Waals surface area contributed by atoms with Crippen molar-refractivity contribution in [3.63, 3.8) is 0 Å². The molecule has 2 aromatic carbocycles. The fourth-order valence-corrected chi connectivity index (χ4v) is 3.12. The molecule has 1 heterocycles. The first-order valence-electron chi connectivity index (χ1n) is 10.3. The molecular formula is C24H32IN5O. The monoisotopic (exact) mass is 533 g/mol. The third-order valence-electron chi connectivity index (χ3n) is 4.73. The summed E-state index contributed by atoms with van der Waals surface area (Å²) in [5.41, 5.74) is 3.67. The Morgan fingerprint density at radius 3 is 2.58 bits per heavy atom. The average molecular weight is 533 g/mol. The van der Waals surface area contributed by atoms with Gasteiger partial charge in [-0.15, -0.1) is 24.0 Å². The summed E-state index contributed by atoms with van der Waals surface area (Å²) >= 11 is 0. The van der Waals surface area contributed by atoms with Crippen molar-refractivity contribution in [2.45, 2.75) is 26.6 Å². The largest absolute Gasteiger partial charge is 0.376 e. The predicted octanol–water partition coefficient (Wildman–Crippen LogP) is 4.07. The summed E-state index contributed by atoms with van der Waals surface area (Å²) in [6, 6.07) is 18.8. The lowest BCUT2D eigenvalue weighted by Gasteiger charge is -2.16. The van der Waals surface area contributed by atoms with Gasteiger partial charge in [-0.1, -0.05) is 61.5 Å². The Bertz CT molecular complexity index is 899. The zero-order valence-corrected chi connectivity index (χ0v) is 20.5. The molecule has 0 aliphatic heterocycles. The summed E-state index contributed by atoms with van der Waals surface area (Å²) in [7, 11) is 1.79. The van der Waals surface area contributed by atoms with Crippen molar-refractivity contribution < 1.29 is 4.74 Å².